The summed E-state index contributed by atoms with van der Waals surface area (Å²) in [6, 6.07) is 11.0. The monoisotopic (exact) mass is 505 g/mol. The highest BCUT2D eigenvalue weighted by atomic mass is 16.5. The van der Waals surface area contributed by atoms with E-state index in [-0.39, 0.29) is 5.92 Å². The first-order valence-corrected chi connectivity index (χ1v) is 14.3. The van der Waals surface area contributed by atoms with E-state index < -0.39 is 11.9 Å². The number of carbonyl (C=O) groups is 1. The number of para-hydroxylation sites is 1. The van der Waals surface area contributed by atoms with Crippen molar-refractivity contribution < 1.29 is 14.3 Å². The lowest BCUT2D eigenvalue weighted by molar-refractivity contribution is -0.137. The van der Waals surface area contributed by atoms with Gasteiger partial charge in [0.15, 0.2) is 5.75 Å². The van der Waals surface area contributed by atoms with E-state index in [9.17, 15) is 10.1 Å². The maximum atomic E-state index is 12.6. The molecule has 37 heavy (non-hydrogen) atoms. The molecule has 2 atom stereocenters. The van der Waals surface area contributed by atoms with Crippen molar-refractivity contribution in [2.45, 2.75) is 103 Å². The first kappa shape index (κ1) is 28.6. The van der Waals surface area contributed by atoms with Crippen LogP contribution in [0.5, 0.6) is 11.5 Å². The van der Waals surface area contributed by atoms with Crippen molar-refractivity contribution in [3.8, 4) is 17.6 Å². The van der Waals surface area contributed by atoms with E-state index in [2.05, 4.69) is 23.0 Å². The van der Waals surface area contributed by atoms with Crippen LogP contribution < -0.4 is 9.47 Å². The Bertz CT molecular complexity index is 936. The highest BCUT2D eigenvalue weighted by Crippen LogP contribution is 2.30. The van der Waals surface area contributed by atoms with Crippen LogP contribution in [0.15, 0.2) is 42.7 Å². The highest BCUT2D eigenvalue weighted by Gasteiger charge is 2.27. The third-order valence-corrected chi connectivity index (χ3v) is 7.34. The van der Waals surface area contributed by atoms with Crippen LogP contribution in [0.2, 0.25) is 0 Å². The second-order valence-electron chi connectivity index (χ2n) is 10.3. The van der Waals surface area contributed by atoms with Gasteiger partial charge in [-0.3, -0.25) is 4.79 Å². The van der Waals surface area contributed by atoms with Gasteiger partial charge in [0.05, 0.1) is 25.1 Å². The number of rotatable bonds is 17. The zero-order valence-electron chi connectivity index (χ0n) is 22.4. The van der Waals surface area contributed by atoms with Crippen molar-refractivity contribution in [2.75, 3.05) is 6.61 Å². The summed E-state index contributed by atoms with van der Waals surface area (Å²) in [4.78, 5) is 21.7. The fraction of sp³-hybridized carbons (Fsp3) is 0.613. The molecule has 1 aromatic carbocycles. The molecule has 0 amide bonds. The topological polar surface area (TPSA) is 85.1 Å². The average Bonchev–Trinajstić information content (AvgIpc) is 3.45. The summed E-state index contributed by atoms with van der Waals surface area (Å²) < 4.78 is 11.3. The number of hydrogen-bond donors (Lipinski definition) is 0. The number of aromatic nitrogens is 2. The van der Waals surface area contributed by atoms with Crippen LogP contribution in [-0.4, -0.2) is 22.5 Å². The van der Waals surface area contributed by atoms with Gasteiger partial charge in [0.2, 0.25) is 0 Å². The van der Waals surface area contributed by atoms with Gasteiger partial charge in [-0.2, -0.15) is 5.26 Å². The Morgan fingerprint density at radius 3 is 2.41 bits per heavy atom. The Hall–Kier alpha value is -2.94. The largest absolute Gasteiger partial charge is 0.490 e. The number of benzene rings is 1. The molecular weight excluding hydrogens is 462 g/mol. The summed E-state index contributed by atoms with van der Waals surface area (Å²) in [7, 11) is 0. The minimum absolute atomic E-state index is 0.0915. The van der Waals surface area contributed by atoms with E-state index in [4.69, 9.17) is 9.47 Å². The summed E-state index contributed by atoms with van der Waals surface area (Å²) in [5.74, 6) is 1.26. The van der Waals surface area contributed by atoms with Gasteiger partial charge in [0.25, 0.3) is 0 Å². The highest BCUT2D eigenvalue weighted by molar-refractivity contribution is 5.77. The van der Waals surface area contributed by atoms with Gasteiger partial charge >= 0.3 is 5.97 Å². The molecule has 3 rings (SSSR count). The molecule has 2 unspecified atom stereocenters. The molecule has 1 saturated carbocycles. The molecule has 0 N–H and O–H groups in total. The lowest BCUT2D eigenvalue weighted by Gasteiger charge is -2.18. The standard InChI is InChI=1S/C31H43N3O3/c1-2-3-17-26(21-27(22-32)31(35)37-28-18-9-7-10-19-28)30-33-23-29(24-34-30)36-20-13-6-4-5-8-14-25-15-11-12-16-25/h7,9-10,18-19,23-27H,2-6,8,11-17,20-21H2,1H3. The Kier molecular flexibility index (Phi) is 12.9. The fourth-order valence-electron chi connectivity index (χ4n) is 5.13. The van der Waals surface area contributed by atoms with Gasteiger partial charge in [-0.1, -0.05) is 95.8 Å². The van der Waals surface area contributed by atoms with Crippen molar-refractivity contribution in [1.29, 1.82) is 5.26 Å². The molecule has 0 aliphatic heterocycles. The molecule has 1 aliphatic rings. The number of nitrogens with zero attached hydrogens (tertiary/aromatic N) is 3. The second-order valence-corrected chi connectivity index (χ2v) is 10.3. The SMILES string of the molecule is CCCCC(CC(C#N)C(=O)Oc1ccccc1)c1ncc(OCCCCCCCC2CCCC2)cn1. The first-order valence-electron chi connectivity index (χ1n) is 14.3. The van der Waals surface area contributed by atoms with Crippen molar-refractivity contribution in [1.82, 2.24) is 9.97 Å². The van der Waals surface area contributed by atoms with Crippen LogP contribution in [-0.2, 0) is 4.79 Å². The van der Waals surface area contributed by atoms with Crippen LogP contribution in [0.3, 0.4) is 0 Å². The molecular formula is C31H43N3O3. The normalized spacial score (nSPS) is 15.1. The van der Waals surface area contributed by atoms with Gasteiger partial charge in [-0.15, -0.1) is 0 Å². The Labute approximate surface area is 222 Å². The maximum Gasteiger partial charge on any atom is 0.328 e. The summed E-state index contributed by atoms with van der Waals surface area (Å²) in [6.07, 6.45) is 20.0. The van der Waals surface area contributed by atoms with Crippen LogP contribution in [0.4, 0.5) is 0 Å². The fourth-order valence-corrected chi connectivity index (χ4v) is 5.13. The molecule has 6 heteroatoms. The molecule has 200 valence electrons. The minimum Gasteiger partial charge on any atom is -0.490 e. The van der Waals surface area contributed by atoms with E-state index in [1.807, 2.05) is 6.07 Å². The van der Waals surface area contributed by atoms with Crippen molar-refractivity contribution >= 4 is 5.97 Å². The summed E-state index contributed by atoms with van der Waals surface area (Å²) >= 11 is 0. The molecule has 0 spiro atoms. The van der Waals surface area contributed by atoms with Crippen LogP contribution in [0, 0.1) is 23.2 Å². The predicted octanol–water partition coefficient (Wildman–Crippen LogP) is 7.80. The maximum absolute atomic E-state index is 12.6. The average molecular weight is 506 g/mol. The van der Waals surface area contributed by atoms with Gasteiger partial charge in [0.1, 0.15) is 17.5 Å². The number of unbranched alkanes of at least 4 members (excludes halogenated alkanes) is 5. The lowest BCUT2D eigenvalue weighted by atomic mass is 9.90. The molecule has 0 saturated heterocycles. The molecule has 1 aliphatic carbocycles. The second kappa shape index (κ2) is 16.7. The molecule has 1 heterocycles. The summed E-state index contributed by atoms with van der Waals surface area (Å²) in [5, 5.41) is 9.67. The number of nitriles is 1. The quantitative estimate of drug-likeness (QED) is 0.124. The Balaban J connectivity index is 1.41. The molecule has 0 bridgehead atoms. The number of esters is 1. The Morgan fingerprint density at radius 2 is 1.70 bits per heavy atom. The van der Waals surface area contributed by atoms with E-state index in [1.54, 1.807) is 36.7 Å². The van der Waals surface area contributed by atoms with E-state index in [0.717, 1.165) is 31.6 Å². The van der Waals surface area contributed by atoms with Gasteiger partial charge < -0.3 is 9.47 Å². The van der Waals surface area contributed by atoms with Gasteiger partial charge in [-0.25, -0.2) is 9.97 Å². The molecule has 0 radical (unpaired) electrons. The zero-order chi connectivity index (χ0) is 26.1. The molecule has 2 aromatic rings. The number of hydrogen-bond acceptors (Lipinski definition) is 6. The first-order chi connectivity index (χ1) is 18.2. The van der Waals surface area contributed by atoms with Gasteiger partial charge in [0, 0.05) is 5.92 Å². The van der Waals surface area contributed by atoms with Crippen molar-refractivity contribution in [3.63, 3.8) is 0 Å². The van der Waals surface area contributed by atoms with E-state index >= 15 is 0 Å². The minimum atomic E-state index is -0.875. The zero-order valence-corrected chi connectivity index (χ0v) is 22.4. The summed E-state index contributed by atoms with van der Waals surface area (Å²) in [6.45, 7) is 2.79. The third-order valence-electron chi connectivity index (χ3n) is 7.34. The number of carbonyl (C=O) groups excluding carboxylic acids is 1. The van der Waals surface area contributed by atoms with Crippen LogP contribution >= 0.6 is 0 Å². The van der Waals surface area contributed by atoms with Gasteiger partial charge in [-0.05, 0) is 37.3 Å². The van der Waals surface area contributed by atoms with Crippen LogP contribution in [0.1, 0.15) is 109 Å². The third kappa shape index (κ3) is 10.5. The smallest absolute Gasteiger partial charge is 0.328 e. The van der Waals surface area contributed by atoms with E-state index in [1.165, 1.54) is 57.8 Å². The molecule has 1 aromatic heterocycles. The van der Waals surface area contributed by atoms with Crippen LogP contribution in [0.25, 0.3) is 0 Å². The van der Waals surface area contributed by atoms with E-state index in [0.29, 0.717) is 30.4 Å². The number of ether oxygens (including phenoxy) is 2. The van der Waals surface area contributed by atoms with Crippen molar-refractivity contribution in [2.24, 2.45) is 11.8 Å². The predicted molar refractivity (Wildman–Crippen MR) is 145 cm³/mol. The summed E-state index contributed by atoms with van der Waals surface area (Å²) in [5.41, 5.74) is 0. The van der Waals surface area contributed by atoms with Crippen molar-refractivity contribution in [3.05, 3.63) is 48.5 Å². The lowest BCUT2D eigenvalue weighted by Crippen LogP contribution is -2.22. The molecule has 1 fully saturated rings. The Morgan fingerprint density at radius 1 is 1.00 bits per heavy atom. The molecule has 6 nitrogen and oxygen atoms in total.